The van der Waals surface area contributed by atoms with Gasteiger partial charge in [0.25, 0.3) is 0 Å². The van der Waals surface area contributed by atoms with Gasteiger partial charge in [0.1, 0.15) is 11.2 Å². The van der Waals surface area contributed by atoms with Crippen LogP contribution in [0.4, 0.5) is 0 Å². The number of hydrogen-bond acceptors (Lipinski definition) is 1. The van der Waals surface area contributed by atoms with E-state index in [2.05, 4.69) is 194 Å². The molecule has 0 unspecified atom stereocenters. The summed E-state index contributed by atoms with van der Waals surface area (Å²) in [5.41, 5.74) is 8.92. The molecule has 0 aliphatic rings. The molecule has 0 bridgehead atoms. The molecule has 0 saturated heterocycles. The zero-order valence-electron chi connectivity index (χ0n) is 30.9. The van der Waals surface area contributed by atoms with Crippen molar-refractivity contribution in [2.24, 2.45) is 0 Å². The number of rotatable bonds is 3. The highest BCUT2D eigenvalue weighted by atomic mass is 16.3. The van der Waals surface area contributed by atoms with E-state index in [4.69, 9.17) is 4.42 Å². The minimum absolute atomic E-state index is 0.917. The molecule has 0 aliphatic heterocycles. The lowest BCUT2D eigenvalue weighted by Crippen LogP contribution is -1.89. The molecule has 0 N–H and O–H groups in total. The van der Waals surface area contributed by atoms with Crippen molar-refractivity contribution in [1.29, 1.82) is 0 Å². The molecule has 1 nitrogen and oxygen atoms in total. The van der Waals surface area contributed by atoms with Gasteiger partial charge in [-0.1, -0.05) is 176 Å². The molecule has 1 aromatic heterocycles. The van der Waals surface area contributed by atoms with Gasteiger partial charge in [-0.3, -0.25) is 0 Å². The third kappa shape index (κ3) is 4.34. The molecule has 13 rings (SSSR count). The van der Waals surface area contributed by atoms with Gasteiger partial charge in [0, 0.05) is 21.7 Å². The minimum atomic E-state index is 0.917. The van der Waals surface area contributed by atoms with Crippen LogP contribution in [-0.4, -0.2) is 0 Å². The molecule has 12 aromatic carbocycles. The van der Waals surface area contributed by atoms with Crippen LogP contribution < -0.4 is 0 Å². The normalized spacial score (nSPS) is 12.2. The maximum absolute atomic E-state index is 7.09. The van der Waals surface area contributed by atoms with E-state index < -0.39 is 0 Å². The summed E-state index contributed by atoms with van der Waals surface area (Å²) in [6.45, 7) is 0. The first-order valence-electron chi connectivity index (χ1n) is 19.7. The average Bonchev–Trinajstić information content (AvgIpc) is 3.68. The Kier molecular flexibility index (Phi) is 6.23. The summed E-state index contributed by atoms with van der Waals surface area (Å²) in [6.07, 6.45) is 0. The Labute approximate surface area is 328 Å². The Bertz CT molecular complexity index is 3770. The molecule has 13 aromatic rings. The lowest BCUT2D eigenvalue weighted by Gasteiger charge is -2.16. The third-order valence-corrected chi connectivity index (χ3v) is 12.6. The Morgan fingerprint density at radius 3 is 1.56 bits per heavy atom. The first-order valence-corrected chi connectivity index (χ1v) is 19.7. The highest BCUT2D eigenvalue weighted by molar-refractivity contribution is 6.29. The van der Waals surface area contributed by atoms with Gasteiger partial charge < -0.3 is 4.42 Å². The van der Waals surface area contributed by atoms with Crippen molar-refractivity contribution in [2.45, 2.75) is 0 Å². The first kappa shape index (κ1) is 30.8. The molecule has 0 spiro atoms. The topological polar surface area (TPSA) is 13.1 Å². The van der Waals surface area contributed by atoms with Crippen LogP contribution in [-0.2, 0) is 0 Å². The second-order valence-corrected chi connectivity index (χ2v) is 15.5. The second-order valence-electron chi connectivity index (χ2n) is 15.5. The third-order valence-electron chi connectivity index (χ3n) is 12.6. The van der Waals surface area contributed by atoms with Crippen molar-refractivity contribution in [1.82, 2.24) is 0 Å². The smallest absolute Gasteiger partial charge is 0.143 e. The van der Waals surface area contributed by atoms with Gasteiger partial charge >= 0.3 is 0 Å². The van der Waals surface area contributed by atoms with E-state index in [1.807, 2.05) is 0 Å². The van der Waals surface area contributed by atoms with Crippen molar-refractivity contribution in [2.75, 3.05) is 0 Å². The van der Waals surface area contributed by atoms with Crippen LogP contribution in [0.1, 0.15) is 0 Å². The molecule has 0 aliphatic carbocycles. The molecular weight excluding hydrogens is 689 g/mol. The summed E-state index contributed by atoms with van der Waals surface area (Å²) in [4.78, 5) is 0. The minimum Gasteiger partial charge on any atom is -0.455 e. The summed E-state index contributed by atoms with van der Waals surface area (Å²) >= 11 is 0. The summed E-state index contributed by atoms with van der Waals surface area (Å²) in [5.74, 6) is 0. The summed E-state index contributed by atoms with van der Waals surface area (Å²) in [6, 6.07) is 71.5. The fourth-order valence-corrected chi connectivity index (χ4v) is 9.98. The molecular formula is C56H32O. The fourth-order valence-electron chi connectivity index (χ4n) is 9.98. The standard InChI is InChI=1S/C56H32O/c1-3-12-41-33(8-1)20-23-40-32-50(44-14-5-6-15-46(44)52(40)41)36-18-16-35(17-19-36)43-30-31-48(54-49-29-24-34-9-2-4-13-42(34)55(49)57-56(43)54)45-27-25-39-22-21-37-10-7-11-38-26-28-47(45)53(39)51(37)38/h1-32H. The van der Waals surface area contributed by atoms with Crippen molar-refractivity contribution in [3.8, 4) is 33.4 Å². The molecule has 0 radical (unpaired) electrons. The van der Waals surface area contributed by atoms with Crippen LogP contribution in [0.3, 0.4) is 0 Å². The van der Waals surface area contributed by atoms with Crippen LogP contribution in [0.5, 0.6) is 0 Å². The van der Waals surface area contributed by atoms with E-state index in [-0.39, 0.29) is 0 Å². The number of furan rings is 1. The lowest BCUT2D eigenvalue weighted by molar-refractivity contribution is 0.674. The largest absolute Gasteiger partial charge is 0.455 e. The monoisotopic (exact) mass is 720 g/mol. The highest BCUT2D eigenvalue weighted by Crippen LogP contribution is 2.47. The first-order chi connectivity index (χ1) is 28.3. The predicted octanol–water partition coefficient (Wildman–Crippen LogP) is 16.1. The molecule has 0 fully saturated rings. The quantitative estimate of drug-likeness (QED) is 0.166. The van der Waals surface area contributed by atoms with Crippen LogP contribution >= 0.6 is 0 Å². The molecule has 1 heteroatoms. The van der Waals surface area contributed by atoms with Crippen LogP contribution in [0, 0.1) is 0 Å². The molecule has 0 atom stereocenters. The predicted molar refractivity (Wildman–Crippen MR) is 244 cm³/mol. The van der Waals surface area contributed by atoms with Crippen molar-refractivity contribution >= 4 is 97.3 Å². The molecule has 1 heterocycles. The number of benzene rings is 12. The van der Waals surface area contributed by atoms with E-state index in [0.717, 1.165) is 38.5 Å². The van der Waals surface area contributed by atoms with Gasteiger partial charge in [0.05, 0.1) is 0 Å². The van der Waals surface area contributed by atoms with Gasteiger partial charge in [-0.05, 0) is 116 Å². The zero-order valence-corrected chi connectivity index (χ0v) is 30.9. The lowest BCUT2D eigenvalue weighted by atomic mass is 9.87. The van der Waals surface area contributed by atoms with Crippen molar-refractivity contribution in [3.63, 3.8) is 0 Å². The average molecular weight is 721 g/mol. The van der Waals surface area contributed by atoms with Gasteiger partial charge in [-0.25, -0.2) is 0 Å². The van der Waals surface area contributed by atoms with E-state index in [1.165, 1.54) is 92.3 Å². The summed E-state index contributed by atoms with van der Waals surface area (Å²) in [5, 5.41) is 20.0. The Morgan fingerprint density at radius 2 is 0.754 bits per heavy atom. The fraction of sp³-hybridized carbons (Fsp3) is 0. The zero-order chi connectivity index (χ0) is 37.2. The van der Waals surface area contributed by atoms with E-state index >= 15 is 0 Å². The van der Waals surface area contributed by atoms with Gasteiger partial charge in [0.15, 0.2) is 0 Å². The molecule has 262 valence electrons. The SMILES string of the molecule is c1ccc2c(c1)ccc1c2oc2c(-c3ccc(-c4cc5ccc6ccccc6c5c5ccccc45)cc3)ccc(-c3ccc4ccc5cccc6ccc3c4c56)c21. The molecule has 0 amide bonds. The highest BCUT2D eigenvalue weighted by Gasteiger charge is 2.21. The van der Waals surface area contributed by atoms with Crippen LogP contribution in [0.2, 0.25) is 0 Å². The maximum atomic E-state index is 7.09. The second kappa shape index (κ2) is 11.5. The van der Waals surface area contributed by atoms with E-state index in [1.54, 1.807) is 0 Å². The molecule has 57 heavy (non-hydrogen) atoms. The Morgan fingerprint density at radius 1 is 0.228 bits per heavy atom. The summed E-state index contributed by atoms with van der Waals surface area (Å²) in [7, 11) is 0. The number of fused-ring (bicyclic) bond motifs is 10. The Balaban J connectivity index is 1.03. The van der Waals surface area contributed by atoms with Gasteiger partial charge in [0.2, 0.25) is 0 Å². The van der Waals surface area contributed by atoms with Gasteiger partial charge in [-0.2, -0.15) is 0 Å². The van der Waals surface area contributed by atoms with Crippen LogP contribution in [0.15, 0.2) is 199 Å². The number of hydrogen-bond donors (Lipinski definition) is 0. The van der Waals surface area contributed by atoms with Crippen molar-refractivity contribution < 1.29 is 4.42 Å². The van der Waals surface area contributed by atoms with Crippen molar-refractivity contribution in [3.05, 3.63) is 194 Å². The van der Waals surface area contributed by atoms with E-state index in [0.29, 0.717) is 0 Å². The van der Waals surface area contributed by atoms with E-state index in [9.17, 15) is 0 Å². The summed E-state index contributed by atoms with van der Waals surface area (Å²) < 4.78 is 7.09. The van der Waals surface area contributed by atoms with Gasteiger partial charge in [-0.15, -0.1) is 0 Å². The van der Waals surface area contributed by atoms with Crippen LogP contribution in [0.25, 0.3) is 131 Å². The Hall–Kier alpha value is -7.48. The molecule has 0 saturated carbocycles. The maximum Gasteiger partial charge on any atom is 0.143 e.